The summed E-state index contributed by atoms with van der Waals surface area (Å²) in [5.41, 5.74) is 0.951. The number of ether oxygens (including phenoxy) is 1. The van der Waals surface area contributed by atoms with Gasteiger partial charge in [-0.05, 0) is 24.3 Å². The smallest absolute Gasteiger partial charge is 0.358 e. The Labute approximate surface area is 107 Å². The van der Waals surface area contributed by atoms with Crippen molar-refractivity contribution in [2.24, 2.45) is 0 Å². The summed E-state index contributed by atoms with van der Waals surface area (Å²) in [5.74, 6) is 1.33. The van der Waals surface area contributed by atoms with Gasteiger partial charge in [0.25, 0.3) is 0 Å². The molecule has 3 nitrogen and oxygen atoms in total. The van der Waals surface area contributed by atoms with Gasteiger partial charge in [-0.25, -0.2) is 14.2 Å². The lowest BCUT2D eigenvalue weighted by atomic mass is 10.2. The van der Waals surface area contributed by atoms with Crippen molar-refractivity contribution >= 4 is 17.3 Å². The van der Waals surface area contributed by atoms with Crippen molar-refractivity contribution in [2.75, 3.05) is 6.61 Å². The van der Waals surface area contributed by atoms with E-state index < -0.39 is 5.97 Å². The first-order chi connectivity index (χ1) is 8.70. The minimum absolute atomic E-state index is 0.0811. The highest BCUT2D eigenvalue weighted by molar-refractivity contribution is 7.13. The van der Waals surface area contributed by atoms with Gasteiger partial charge in [0.2, 0.25) is 0 Å². The fraction of sp³-hybridized carbons (Fsp3) is 0.0769. The third-order valence-electron chi connectivity index (χ3n) is 2.09. The summed E-state index contributed by atoms with van der Waals surface area (Å²) in [7, 11) is 0. The first-order valence-corrected chi connectivity index (χ1v) is 5.90. The first kappa shape index (κ1) is 12.3. The molecule has 0 amide bonds. The van der Waals surface area contributed by atoms with Crippen LogP contribution in [-0.4, -0.2) is 17.6 Å². The molecule has 90 valence electrons. The molecule has 0 N–H and O–H groups in total. The zero-order valence-electron chi connectivity index (χ0n) is 9.22. The van der Waals surface area contributed by atoms with Crippen LogP contribution < -0.4 is 0 Å². The van der Waals surface area contributed by atoms with Crippen LogP contribution in [0.4, 0.5) is 4.39 Å². The van der Waals surface area contributed by atoms with Crippen molar-refractivity contribution in [1.82, 2.24) is 4.98 Å². The highest BCUT2D eigenvalue weighted by Gasteiger charge is 2.12. The molecule has 0 saturated heterocycles. The molecule has 0 spiro atoms. The van der Waals surface area contributed by atoms with E-state index in [1.54, 1.807) is 17.5 Å². The number of benzene rings is 1. The Morgan fingerprint density at radius 3 is 2.83 bits per heavy atom. The molecule has 1 aromatic heterocycles. The molecule has 18 heavy (non-hydrogen) atoms. The number of esters is 1. The van der Waals surface area contributed by atoms with E-state index in [-0.39, 0.29) is 18.1 Å². The third-order valence-corrected chi connectivity index (χ3v) is 2.98. The number of terminal acetylenes is 1. The highest BCUT2D eigenvalue weighted by Crippen LogP contribution is 2.24. The zero-order chi connectivity index (χ0) is 13.0. The lowest BCUT2D eigenvalue weighted by Gasteiger charge is -1.97. The van der Waals surface area contributed by atoms with Crippen LogP contribution in [0.3, 0.4) is 0 Å². The maximum atomic E-state index is 12.8. The zero-order valence-corrected chi connectivity index (χ0v) is 10.0. The number of nitrogens with zero attached hydrogens (tertiary/aromatic N) is 1. The molecule has 0 fully saturated rings. The van der Waals surface area contributed by atoms with E-state index in [9.17, 15) is 9.18 Å². The average Bonchev–Trinajstić information content (AvgIpc) is 2.86. The molecule has 1 aromatic carbocycles. The van der Waals surface area contributed by atoms with E-state index in [4.69, 9.17) is 11.2 Å². The predicted octanol–water partition coefficient (Wildman–Crippen LogP) is 2.74. The average molecular weight is 261 g/mol. The molecular weight excluding hydrogens is 253 g/mol. The maximum Gasteiger partial charge on any atom is 0.358 e. The van der Waals surface area contributed by atoms with Gasteiger partial charge in [0.1, 0.15) is 10.8 Å². The summed E-state index contributed by atoms with van der Waals surface area (Å²) >= 11 is 1.28. The summed E-state index contributed by atoms with van der Waals surface area (Å²) < 4.78 is 17.5. The van der Waals surface area contributed by atoms with Gasteiger partial charge in [-0.2, -0.15) is 0 Å². The topological polar surface area (TPSA) is 39.2 Å². The normalized spacial score (nSPS) is 9.78. The van der Waals surface area contributed by atoms with Gasteiger partial charge in [-0.1, -0.05) is 5.92 Å². The van der Waals surface area contributed by atoms with Crippen molar-refractivity contribution in [3.8, 4) is 22.9 Å². The Morgan fingerprint density at radius 1 is 1.44 bits per heavy atom. The quantitative estimate of drug-likeness (QED) is 0.630. The lowest BCUT2D eigenvalue weighted by Crippen LogP contribution is -2.05. The Kier molecular flexibility index (Phi) is 3.70. The highest BCUT2D eigenvalue weighted by atomic mass is 32.1. The third kappa shape index (κ3) is 2.73. The first-order valence-electron chi connectivity index (χ1n) is 5.03. The molecular formula is C13H8FNO2S. The second kappa shape index (κ2) is 5.43. The minimum atomic E-state index is -0.558. The van der Waals surface area contributed by atoms with Crippen LogP contribution in [0, 0.1) is 18.2 Å². The summed E-state index contributed by atoms with van der Waals surface area (Å²) in [4.78, 5) is 15.6. The largest absolute Gasteiger partial charge is 0.448 e. The van der Waals surface area contributed by atoms with Gasteiger partial charge in [0.05, 0.1) is 0 Å². The van der Waals surface area contributed by atoms with Gasteiger partial charge < -0.3 is 4.74 Å². The second-order valence-corrected chi connectivity index (χ2v) is 4.18. The molecule has 1 heterocycles. The standard InChI is InChI=1S/C13H8FNO2S/c1-2-7-17-13(16)11-8-18-12(15-11)9-3-5-10(14)6-4-9/h1,3-6,8H,7H2. The van der Waals surface area contributed by atoms with Gasteiger partial charge in [0.15, 0.2) is 12.3 Å². The van der Waals surface area contributed by atoms with Crippen molar-refractivity contribution in [2.45, 2.75) is 0 Å². The second-order valence-electron chi connectivity index (χ2n) is 3.33. The molecule has 2 rings (SSSR count). The monoisotopic (exact) mass is 261 g/mol. The molecule has 0 aliphatic heterocycles. The van der Waals surface area contributed by atoms with E-state index in [0.717, 1.165) is 5.56 Å². The number of halogens is 1. The molecule has 2 aromatic rings. The Bertz CT molecular complexity index is 598. The van der Waals surface area contributed by atoms with E-state index in [1.165, 1.54) is 23.5 Å². The van der Waals surface area contributed by atoms with Crippen molar-refractivity contribution < 1.29 is 13.9 Å². The molecule has 0 radical (unpaired) electrons. The number of aromatic nitrogens is 1. The van der Waals surface area contributed by atoms with Crippen LogP contribution >= 0.6 is 11.3 Å². The summed E-state index contributed by atoms with van der Waals surface area (Å²) in [6.07, 6.45) is 4.98. The van der Waals surface area contributed by atoms with E-state index in [2.05, 4.69) is 10.9 Å². The van der Waals surface area contributed by atoms with Crippen LogP contribution in [0.5, 0.6) is 0 Å². The number of rotatable bonds is 3. The van der Waals surface area contributed by atoms with Crippen LogP contribution in [0.25, 0.3) is 10.6 Å². The molecule has 0 unspecified atom stereocenters. The van der Waals surface area contributed by atoms with Gasteiger partial charge in [-0.15, -0.1) is 17.8 Å². The number of thiazole rings is 1. The Morgan fingerprint density at radius 2 is 2.17 bits per heavy atom. The number of hydrogen-bond acceptors (Lipinski definition) is 4. The van der Waals surface area contributed by atoms with E-state index in [0.29, 0.717) is 5.01 Å². The fourth-order valence-corrected chi connectivity index (χ4v) is 2.07. The van der Waals surface area contributed by atoms with Crippen molar-refractivity contribution in [3.05, 3.63) is 41.2 Å². The van der Waals surface area contributed by atoms with E-state index >= 15 is 0 Å². The number of carbonyl (C=O) groups is 1. The summed E-state index contributed by atoms with van der Waals surface area (Å²) in [6, 6.07) is 5.88. The fourth-order valence-electron chi connectivity index (χ4n) is 1.27. The molecule has 0 aliphatic carbocycles. The number of carbonyl (C=O) groups excluding carboxylic acids is 1. The van der Waals surface area contributed by atoms with Gasteiger partial charge >= 0.3 is 5.97 Å². The minimum Gasteiger partial charge on any atom is -0.448 e. The summed E-state index contributed by atoms with van der Waals surface area (Å²) in [5, 5.41) is 2.21. The molecule has 0 atom stereocenters. The Hall–Kier alpha value is -2.19. The SMILES string of the molecule is C#CCOC(=O)c1csc(-c2ccc(F)cc2)n1. The van der Waals surface area contributed by atoms with Crippen LogP contribution in [0.15, 0.2) is 29.6 Å². The van der Waals surface area contributed by atoms with Crippen molar-refractivity contribution in [3.63, 3.8) is 0 Å². The predicted molar refractivity (Wildman–Crippen MR) is 66.6 cm³/mol. The summed E-state index contributed by atoms with van der Waals surface area (Å²) in [6.45, 7) is -0.0811. The van der Waals surface area contributed by atoms with Gasteiger partial charge in [0, 0.05) is 10.9 Å². The molecule has 0 bridgehead atoms. The van der Waals surface area contributed by atoms with Crippen LogP contribution in [0.1, 0.15) is 10.5 Å². The van der Waals surface area contributed by atoms with Crippen molar-refractivity contribution in [1.29, 1.82) is 0 Å². The maximum absolute atomic E-state index is 12.8. The molecule has 0 aliphatic rings. The van der Waals surface area contributed by atoms with Crippen LogP contribution in [0.2, 0.25) is 0 Å². The number of hydrogen-bond donors (Lipinski definition) is 0. The van der Waals surface area contributed by atoms with E-state index in [1.807, 2.05) is 0 Å². The molecule has 0 saturated carbocycles. The lowest BCUT2D eigenvalue weighted by molar-refractivity contribution is 0.0551. The van der Waals surface area contributed by atoms with Gasteiger partial charge in [-0.3, -0.25) is 0 Å². The molecule has 5 heteroatoms. The Balaban J connectivity index is 2.18. The van der Waals surface area contributed by atoms with Crippen LogP contribution in [-0.2, 0) is 4.74 Å².